The molecule has 2 saturated heterocycles. The lowest BCUT2D eigenvalue weighted by molar-refractivity contribution is -0.125. The molecule has 0 aromatic heterocycles. The van der Waals surface area contributed by atoms with E-state index in [4.69, 9.17) is 0 Å². The second-order valence-electron chi connectivity index (χ2n) is 4.64. The monoisotopic (exact) mass is 277 g/mol. The molecule has 0 unspecified atom stereocenters. The summed E-state index contributed by atoms with van der Waals surface area (Å²) in [6, 6.07) is -1.57. The first-order valence-corrected chi connectivity index (χ1v) is 7.60. The molecule has 2 bridgehead atoms. The lowest BCUT2D eigenvalue weighted by Gasteiger charge is -2.29. The summed E-state index contributed by atoms with van der Waals surface area (Å²) in [5.74, 6) is -0.945. The molecular weight excluding hydrogens is 262 g/mol. The molecule has 2 atom stereocenters. The van der Waals surface area contributed by atoms with Crippen LogP contribution in [0.15, 0.2) is 0 Å². The summed E-state index contributed by atoms with van der Waals surface area (Å²) in [6.45, 7) is 0.298. The summed E-state index contributed by atoms with van der Waals surface area (Å²) in [4.78, 5) is 24.7. The Morgan fingerprint density at radius 2 is 2.17 bits per heavy atom. The number of sulfone groups is 1. The maximum atomic E-state index is 11.8. The van der Waals surface area contributed by atoms with Gasteiger partial charge in [0.15, 0.2) is 9.84 Å². The summed E-state index contributed by atoms with van der Waals surface area (Å²) in [6.07, 6.45) is 1.96. The third kappa shape index (κ3) is 2.41. The van der Waals surface area contributed by atoms with Gasteiger partial charge >= 0.3 is 6.03 Å². The van der Waals surface area contributed by atoms with Crippen molar-refractivity contribution >= 4 is 21.8 Å². The Bertz CT molecular complexity index is 477. The summed E-state index contributed by atoms with van der Waals surface area (Å²) in [5.41, 5.74) is 0. The first kappa shape index (κ1) is 13.1. The van der Waals surface area contributed by atoms with Crippen LogP contribution in [0.3, 0.4) is 0 Å². The van der Waals surface area contributed by atoms with Crippen molar-refractivity contribution in [1.29, 1.82) is 0 Å². The number of rotatable bonds is 3. The van der Waals surface area contributed by atoms with E-state index >= 15 is 0 Å². The summed E-state index contributed by atoms with van der Waals surface area (Å²) in [7, 11) is -3.29. The van der Waals surface area contributed by atoms with Crippen molar-refractivity contribution in [3.63, 3.8) is 0 Å². The van der Waals surface area contributed by atoms with E-state index in [-0.39, 0.29) is 6.04 Å². The van der Waals surface area contributed by atoms with Crippen LogP contribution < -0.4 is 5.32 Å². The predicted molar refractivity (Wildman–Crippen MR) is 60.4 cm³/mol. The zero-order valence-corrected chi connectivity index (χ0v) is 10.7. The second kappa shape index (κ2) is 4.39. The molecule has 0 aromatic carbocycles. The Hall–Kier alpha value is -1.35. The zero-order valence-electron chi connectivity index (χ0n) is 9.87. The number of urea groups is 1. The van der Waals surface area contributed by atoms with Crippen molar-refractivity contribution < 1.29 is 23.2 Å². The van der Waals surface area contributed by atoms with E-state index < -0.39 is 33.7 Å². The molecular formula is C9H15N3O5S. The van der Waals surface area contributed by atoms with E-state index in [1.54, 1.807) is 0 Å². The van der Waals surface area contributed by atoms with Gasteiger partial charge in [-0.1, -0.05) is 0 Å². The third-order valence-electron chi connectivity index (χ3n) is 3.16. The topological polar surface area (TPSA) is 107 Å². The minimum atomic E-state index is -3.29. The number of hydrogen-bond donors (Lipinski definition) is 2. The van der Waals surface area contributed by atoms with Gasteiger partial charge in [0.1, 0.15) is 11.9 Å². The molecule has 2 fully saturated rings. The quantitative estimate of drug-likeness (QED) is 0.628. The SMILES string of the molecule is CS(=O)(=O)CNC(=O)[C@@H]1CC[C@@H]2CN1C(=O)N2O. The average molecular weight is 277 g/mol. The molecule has 3 amide bonds. The Kier molecular flexibility index (Phi) is 3.20. The second-order valence-corrected chi connectivity index (χ2v) is 6.78. The zero-order chi connectivity index (χ0) is 13.5. The van der Waals surface area contributed by atoms with Gasteiger partial charge < -0.3 is 10.2 Å². The number of nitrogens with one attached hydrogen (secondary N) is 1. The molecule has 0 spiro atoms. The maximum Gasteiger partial charge on any atom is 0.344 e. The number of hydrogen-bond acceptors (Lipinski definition) is 5. The van der Waals surface area contributed by atoms with E-state index in [1.807, 2.05) is 0 Å². The van der Waals surface area contributed by atoms with Crippen molar-refractivity contribution in [3.8, 4) is 0 Å². The number of fused-ring (bicyclic) bond motifs is 2. The summed E-state index contributed by atoms with van der Waals surface area (Å²) in [5, 5.41) is 12.4. The van der Waals surface area contributed by atoms with E-state index in [9.17, 15) is 23.2 Å². The fraction of sp³-hybridized carbons (Fsp3) is 0.778. The Balaban J connectivity index is 2.02. The van der Waals surface area contributed by atoms with Gasteiger partial charge in [0.05, 0.1) is 6.04 Å². The number of carbonyl (C=O) groups is 2. The van der Waals surface area contributed by atoms with Crippen molar-refractivity contribution in [1.82, 2.24) is 15.3 Å². The van der Waals surface area contributed by atoms with Crippen molar-refractivity contribution in [3.05, 3.63) is 0 Å². The minimum absolute atomic E-state index is 0.267. The van der Waals surface area contributed by atoms with Crippen LogP contribution in [0, 0.1) is 0 Å². The van der Waals surface area contributed by atoms with Gasteiger partial charge in [0, 0.05) is 12.8 Å². The molecule has 18 heavy (non-hydrogen) atoms. The molecule has 9 heteroatoms. The fourth-order valence-corrected chi connectivity index (χ4v) is 2.65. The Morgan fingerprint density at radius 3 is 2.78 bits per heavy atom. The maximum absolute atomic E-state index is 11.8. The van der Waals surface area contributed by atoms with Crippen LogP contribution in [-0.4, -0.2) is 66.3 Å². The largest absolute Gasteiger partial charge is 0.344 e. The molecule has 2 aliphatic heterocycles. The van der Waals surface area contributed by atoms with Gasteiger partial charge in [-0.15, -0.1) is 0 Å². The van der Waals surface area contributed by atoms with Gasteiger partial charge in [0.2, 0.25) is 5.91 Å². The third-order valence-corrected chi connectivity index (χ3v) is 3.82. The van der Waals surface area contributed by atoms with Crippen molar-refractivity contribution in [2.75, 3.05) is 18.7 Å². The van der Waals surface area contributed by atoms with Crippen LogP contribution in [0.5, 0.6) is 0 Å². The van der Waals surface area contributed by atoms with E-state index in [0.717, 1.165) is 6.26 Å². The smallest absolute Gasteiger partial charge is 0.340 e. The highest BCUT2D eigenvalue weighted by atomic mass is 32.2. The lowest BCUT2D eigenvalue weighted by atomic mass is 10.0. The molecule has 2 aliphatic rings. The van der Waals surface area contributed by atoms with Crippen LogP contribution in [0.4, 0.5) is 4.79 Å². The van der Waals surface area contributed by atoms with Crippen molar-refractivity contribution in [2.45, 2.75) is 24.9 Å². The predicted octanol–water partition coefficient (Wildman–Crippen LogP) is -1.24. The van der Waals surface area contributed by atoms with Gasteiger partial charge in [0.25, 0.3) is 0 Å². The van der Waals surface area contributed by atoms with Crippen molar-refractivity contribution in [2.24, 2.45) is 0 Å². The highest BCUT2D eigenvalue weighted by molar-refractivity contribution is 7.90. The number of amides is 3. The molecule has 0 radical (unpaired) electrons. The first-order chi connectivity index (χ1) is 8.29. The average Bonchev–Trinajstić information content (AvgIpc) is 2.51. The highest BCUT2D eigenvalue weighted by Crippen LogP contribution is 2.28. The van der Waals surface area contributed by atoms with E-state index in [1.165, 1.54) is 4.90 Å². The molecule has 2 heterocycles. The van der Waals surface area contributed by atoms with Crippen LogP contribution >= 0.6 is 0 Å². The van der Waals surface area contributed by atoms with Crippen LogP contribution in [0.1, 0.15) is 12.8 Å². The first-order valence-electron chi connectivity index (χ1n) is 5.54. The van der Waals surface area contributed by atoms with Crippen LogP contribution in [0.2, 0.25) is 0 Å². The van der Waals surface area contributed by atoms with Crippen LogP contribution in [-0.2, 0) is 14.6 Å². The number of carbonyl (C=O) groups excluding carboxylic acids is 2. The normalized spacial score (nSPS) is 27.6. The summed E-state index contributed by atoms with van der Waals surface area (Å²) >= 11 is 0. The number of piperidine rings is 1. The molecule has 0 aliphatic carbocycles. The Labute approximate surface area is 104 Å². The van der Waals surface area contributed by atoms with E-state index in [0.29, 0.717) is 24.4 Å². The molecule has 102 valence electrons. The van der Waals surface area contributed by atoms with E-state index in [2.05, 4.69) is 5.32 Å². The van der Waals surface area contributed by atoms with Gasteiger partial charge in [-0.25, -0.2) is 18.3 Å². The highest BCUT2D eigenvalue weighted by Gasteiger charge is 2.46. The number of nitrogens with zero attached hydrogens (tertiary/aromatic N) is 2. The molecule has 2 N–H and O–H groups in total. The van der Waals surface area contributed by atoms with Gasteiger partial charge in [-0.3, -0.25) is 10.0 Å². The van der Waals surface area contributed by atoms with Gasteiger partial charge in [-0.2, -0.15) is 0 Å². The van der Waals surface area contributed by atoms with Gasteiger partial charge in [-0.05, 0) is 12.8 Å². The number of hydroxylamine groups is 2. The van der Waals surface area contributed by atoms with Crippen LogP contribution in [0.25, 0.3) is 0 Å². The lowest BCUT2D eigenvalue weighted by Crippen LogP contribution is -2.50. The summed E-state index contributed by atoms with van der Waals surface area (Å²) < 4.78 is 21.9. The molecule has 2 rings (SSSR count). The molecule has 0 saturated carbocycles. The fourth-order valence-electron chi connectivity index (χ4n) is 2.24. The standard InChI is InChI=1S/C9H15N3O5S/c1-18(16,17)5-10-8(13)7-3-2-6-4-11(7)9(14)12(6)15/h6-7,15H,2-5H2,1H3,(H,10,13)/t6-,7+/m1/s1. The molecule has 0 aromatic rings. The Morgan fingerprint density at radius 1 is 1.50 bits per heavy atom. The molecule has 8 nitrogen and oxygen atoms in total. The minimum Gasteiger partial charge on any atom is -0.340 e.